The van der Waals surface area contributed by atoms with Crippen molar-refractivity contribution in [2.75, 3.05) is 12.6 Å². The molecule has 2 N–H and O–H groups in total. The zero-order valence-electron chi connectivity index (χ0n) is 15.9. The van der Waals surface area contributed by atoms with E-state index in [4.69, 9.17) is 16.3 Å². The fourth-order valence-electron chi connectivity index (χ4n) is 2.21. The van der Waals surface area contributed by atoms with Gasteiger partial charge < -0.3 is 20.1 Å². The summed E-state index contributed by atoms with van der Waals surface area (Å²) in [6.45, 7) is 5.52. The van der Waals surface area contributed by atoms with Crippen molar-refractivity contribution in [3.05, 3.63) is 35.9 Å². The number of carbonyl (C=O) groups is 3. The third-order valence-electron chi connectivity index (χ3n) is 3.36. The highest BCUT2D eigenvalue weighted by Crippen LogP contribution is 2.09. The van der Waals surface area contributed by atoms with Crippen molar-refractivity contribution in [1.29, 1.82) is 0 Å². The molecule has 0 fully saturated rings. The van der Waals surface area contributed by atoms with Gasteiger partial charge in [0.1, 0.15) is 11.6 Å². The molecule has 0 heterocycles. The van der Waals surface area contributed by atoms with E-state index >= 15 is 0 Å². The van der Waals surface area contributed by atoms with Gasteiger partial charge in [0, 0.05) is 19.4 Å². The third-order valence-corrected chi connectivity index (χ3v) is 3.47. The average Bonchev–Trinajstić information content (AvgIpc) is 2.57. The molecule has 2 amide bonds. The van der Waals surface area contributed by atoms with E-state index in [-0.39, 0.29) is 24.9 Å². The molecule has 1 atom stereocenters. The van der Waals surface area contributed by atoms with Crippen LogP contribution in [0.1, 0.15) is 39.2 Å². The molecule has 0 saturated heterocycles. The summed E-state index contributed by atoms with van der Waals surface area (Å²) in [7, 11) is 0. The van der Waals surface area contributed by atoms with Crippen LogP contribution in [-0.4, -0.2) is 42.2 Å². The summed E-state index contributed by atoms with van der Waals surface area (Å²) in [6, 6.07) is 8.36. The highest BCUT2D eigenvalue weighted by Gasteiger charge is 2.24. The number of benzene rings is 1. The van der Waals surface area contributed by atoms with Crippen LogP contribution in [0.4, 0.5) is 4.79 Å². The number of alkyl halides is 1. The standard InChI is InChI=1S/C19H27ClN2O5/c1-19(2,3)27-18(25)22-15(12-14-8-5-4-6-9-14)17(24)21-11-7-10-16(23)26-13-20/h4-6,8-9,15H,7,10-13H2,1-3H3,(H,21,24)(H,22,25). The fraction of sp³-hybridized carbons (Fsp3) is 0.526. The summed E-state index contributed by atoms with van der Waals surface area (Å²) in [5.74, 6) is -0.776. The Morgan fingerprint density at radius 3 is 2.41 bits per heavy atom. The molecule has 1 aromatic carbocycles. The Balaban J connectivity index is 2.62. The highest BCUT2D eigenvalue weighted by molar-refractivity contribution is 6.17. The molecule has 1 aromatic rings. The molecule has 7 nitrogen and oxygen atoms in total. The SMILES string of the molecule is CC(C)(C)OC(=O)NC(Cc1ccccc1)C(=O)NCCCC(=O)OCCl. The van der Waals surface area contributed by atoms with Gasteiger partial charge in [-0.1, -0.05) is 41.9 Å². The third kappa shape index (κ3) is 10.5. The first kappa shape index (κ1) is 22.8. The molecule has 0 aliphatic carbocycles. The summed E-state index contributed by atoms with van der Waals surface area (Å²) in [5.41, 5.74) is 0.236. The summed E-state index contributed by atoms with van der Waals surface area (Å²) in [6.07, 6.45) is 0.214. The van der Waals surface area contributed by atoms with Gasteiger partial charge in [-0.05, 0) is 32.8 Å². The Hall–Kier alpha value is -2.28. The summed E-state index contributed by atoms with van der Waals surface area (Å²) in [5, 5.41) is 5.33. The lowest BCUT2D eigenvalue weighted by Crippen LogP contribution is -2.49. The van der Waals surface area contributed by atoms with Crippen LogP contribution in [0.15, 0.2) is 30.3 Å². The van der Waals surface area contributed by atoms with Crippen molar-refractivity contribution in [2.24, 2.45) is 0 Å². The Labute approximate surface area is 164 Å². The Morgan fingerprint density at radius 2 is 1.81 bits per heavy atom. The van der Waals surface area contributed by atoms with Gasteiger partial charge in [0.2, 0.25) is 5.91 Å². The minimum atomic E-state index is -0.794. The molecule has 0 saturated carbocycles. The first-order chi connectivity index (χ1) is 12.7. The lowest BCUT2D eigenvalue weighted by molar-refractivity contribution is -0.141. The van der Waals surface area contributed by atoms with Crippen LogP contribution in [0.25, 0.3) is 0 Å². The molecule has 0 aromatic heterocycles. The predicted molar refractivity (Wildman–Crippen MR) is 102 cm³/mol. The highest BCUT2D eigenvalue weighted by atomic mass is 35.5. The van der Waals surface area contributed by atoms with Crippen molar-refractivity contribution in [1.82, 2.24) is 10.6 Å². The zero-order chi connectivity index (χ0) is 20.3. The van der Waals surface area contributed by atoms with E-state index in [2.05, 4.69) is 15.4 Å². The number of amides is 2. The molecule has 1 unspecified atom stereocenters. The van der Waals surface area contributed by atoms with Crippen molar-refractivity contribution in [2.45, 2.75) is 51.7 Å². The molecule has 0 radical (unpaired) electrons. The Kier molecular flexibility index (Phi) is 9.64. The second-order valence-corrected chi connectivity index (χ2v) is 7.13. The topological polar surface area (TPSA) is 93.7 Å². The number of nitrogens with one attached hydrogen (secondary N) is 2. The second-order valence-electron chi connectivity index (χ2n) is 6.91. The first-order valence-corrected chi connectivity index (χ1v) is 9.27. The molecule has 27 heavy (non-hydrogen) atoms. The monoisotopic (exact) mass is 398 g/mol. The molecule has 0 spiro atoms. The van der Waals surface area contributed by atoms with Crippen LogP contribution in [-0.2, 0) is 25.5 Å². The van der Waals surface area contributed by atoms with Gasteiger partial charge in [0.15, 0.2) is 6.07 Å². The van der Waals surface area contributed by atoms with E-state index in [1.807, 2.05) is 30.3 Å². The van der Waals surface area contributed by atoms with Crippen LogP contribution < -0.4 is 10.6 Å². The van der Waals surface area contributed by atoms with Crippen LogP contribution in [0.2, 0.25) is 0 Å². The van der Waals surface area contributed by atoms with Crippen molar-refractivity contribution in [3.8, 4) is 0 Å². The van der Waals surface area contributed by atoms with E-state index in [9.17, 15) is 14.4 Å². The van der Waals surface area contributed by atoms with E-state index < -0.39 is 23.7 Å². The number of halogens is 1. The molecule has 0 bridgehead atoms. The molecule has 0 aliphatic rings. The van der Waals surface area contributed by atoms with Gasteiger partial charge in [-0.25, -0.2) is 4.79 Å². The van der Waals surface area contributed by atoms with Gasteiger partial charge in [0.25, 0.3) is 0 Å². The fourth-order valence-corrected chi connectivity index (χ4v) is 2.33. The van der Waals surface area contributed by atoms with Crippen molar-refractivity contribution < 1.29 is 23.9 Å². The van der Waals surface area contributed by atoms with Gasteiger partial charge in [-0.3, -0.25) is 9.59 Å². The lowest BCUT2D eigenvalue weighted by atomic mass is 10.1. The van der Waals surface area contributed by atoms with Crippen LogP contribution in [0, 0.1) is 0 Å². The first-order valence-electron chi connectivity index (χ1n) is 8.74. The van der Waals surface area contributed by atoms with E-state index in [1.165, 1.54) is 0 Å². The molecular formula is C19H27ClN2O5. The summed E-state index contributed by atoms with van der Waals surface area (Å²) < 4.78 is 9.85. The average molecular weight is 399 g/mol. The van der Waals surface area contributed by atoms with Gasteiger partial charge in [-0.2, -0.15) is 0 Å². The summed E-state index contributed by atoms with van der Waals surface area (Å²) >= 11 is 5.31. The molecular weight excluding hydrogens is 372 g/mol. The maximum Gasteiger partial charge on any atom is 0.408 e. The molecule has 8 heteroatoms. The van der Waals surface area contributed by atoms with Gasteiger partial charge >= 0.3 is 12.1 Å². The van der Waals surface area contributed by atoms with Crippen LogP contribution in [0.3, 0.4) is 0 Å². The number of alkyl carbamates (subject to hydrolysis) is 1. The number of esters is 1. The summed E-state index contributed by atoms with van der Waals surface area (Å²) in [4.78, 5) is 35.8. The minimum Gasteiger partial charge on any atom is -0.449 e. The van der Waals surface area contributed by atoms with Crippen molar-refractivity contribution >= 4 is 29.6 Å². The number of hydrogen-bond acceptors (Lipinski definition) is 5. The zero-order valence-corrected chi connectivity index (χ0v) is 16.7. The molecule has 0 aliphatic heterocycles. The molecule has 1 rings (SSSR count). The maximum absolute atomic E-state index is 12.5. The second kappa shape index (κ2) is 11.4. The minimum absolute atomic E-state index is 0.149. The number of ether oxygens (including phenoxy) is 2. The largest absolute Gasteiger partial charge is 0.449 e. The number of rotatable bonds is 9. The molecule has 150 valence electrons. The normalized spacial score (nSPS) is 12.0. The number of hydrogen-bond donors (Lipinski definition) is 2. The van der Waals surface area contributed by atoms with Gasteiger partial charge in [-0.15, -0.1) is 0 Å². The van der Waals surface area contributed by atoms with Crippen LogP contribution in [0.5, 0.6) is 0 Å². The maximum atomic E-state index is 12.5. The lowest BCUT2D eigenvalue weighted by Gasteiger charge is -2.23. The quantitative estimate of drug-likeness (QED) is 0.379. The van der Waals surface area contributed by atoms with E-state index in [0.717, 1.165) is 5.56 Å². The number of carbonyl (C=O) groups excluding carboxylic acids is 3. The van der Waals surface area contributed by atoms with Crippen molar-refractivity contribution in [3.63, 3.8) is 0 Å². The Bertz CT molecular complexity index is 616. The predicted octanol–water partition coefficient (Wildman–Crippen LogP) is 2.76. The van der Waals surface area contributed by atoms with E-state index in [1.54, 1.807) is 20.8 Å². The van der Waals surface area contributed by atoms with Crippen LogP contribution >= 0.6 is 11.6 Å². The van der Waals surface area contributed by atoms with Gasteiger partial charge in [0.05, 0.1) is 0 Å². The Morgan fingerprint density at radius 1 is 1.15 bits per heavy atom. The smallest absolute Gasteiger partial charge is 0.408 e. The van der Waals surface area contributed by atoms with E-state index in [0.29, 0.717) is 12.8 Å².